The largest absolute Gasteiger partial charge is 0.339 e. The number of hydrogen-bond acceptors (Lipinski definition) is 6. The molecule has 2 saturated heterocycles. The fraction of sp³-hybridized carbons (Fsp3) is 0.474. The van der Waals surface area contributed by atoms with Crippen molar-refractivity contribution < 1.29 is 14.1 Å². The van der Waals surface area contributed by atoms with Gasteiger partial charge in [0.2, 0.25) is 11.7 Å². The minimum atomic E-state index is -0.804. The number of likely N-dealkylation sites (tertiary alicyclic amines) is 1. The quantitative estimate of drug-likeness (QED) is 0.742. The van der Waals surface area contributed by atoms with E-state index in [2.05, 4.69) is 25.7 Å². The maximum atomic E-state index is 12.1. The van der Waals surface area contributed by atoms with Gasteiger partial charge in [-0.05, 0) is 50.9 Å². The smallest absolute Gasteiger partial charge is 0.322 e. The predicted octanol–water partition coefficient (Wildman–Crippen LogP) is 2.24. The zero-order chi connectivity index (χ0) is 19.7. The molecule has 0 radical (unpaired) electrons. The van der Waals surface area contributed by atoms with Crippen LogP contribution in [0.5, 0.6) is 0 Å². The molecule has 1 aromatic carbocycles. The Morgan fingerprint density at radius 2 is 2.11 bits per heavy atom. The first kappa shape index (κ1) is 18.9. The van der Waals surface area contributed by atoms with Crippen LogP contribution in [0.25, 0.3) is 11.4 Å². The lowest BCUT2D eigenvalue weighted by Gasteiger charge is -2.38. The Bertz CT molecular complexity index is 893. The van der Waals surface area contributed by atoms with Gasteiger partial charge in [0.1, 0.15) is 5.54 Å². The first-order valence-corrected chi connectivity index (χ1v) is 9.76. The molecule has 1 unspecified atom stereocenters. The van der Waals surface area contributed by atoms with Crippen LogP contribution >= 0.6 is 11.6 Å². The third kappa shape index (κ3) is 3.74. The highest BCUT2D eigenvalue weighted by Gasteiger charge is 2.48. The Kier molecular flexibility index (Phi) is 5.07. The van der Waals surface area contributed by atoms with E-state index in [1.807, 2.05) is 19.1 Å². The fourth-order valence-electron chi connectivity index (χ4n) is 3.93. The summed E-state index contributed by atoms with van der Waals surface area (Å²) in [6.07, 6.45) is 2.36. The molecule has 28 heavy (non-hydrogen) atoms. The highest BCUT2D eigenvalue weighted by atomic mass is 35.5. The summed E-state index contributed by atoms with van der Waals surface area (Å²) in [5.41, 5.74) is 0.0232. The predicted molar refractivity (Wildman–Crippen MR) is 103 cm³/mol. The van der Waals surface area contributed by atoms with Crippen molar-refractivity contribution >= 4 is 23.5 Å². The van der Waals surface area contributed by atoms with Crippen LogP contribution in [0.4, 0.5) is 4.79 Å². The van der Waals surface area contributed by atoms with Crippen molar-refractivity contribution in [3.63, 3.8) is 0 Å². The van der Waals surface area contributed by atoms with E-state index in [0.717, 1.165) is 38.0 Å². The number of piperidine rings is 1. The van der Waals surface area contributed by atoms with Gasteiger partial charge in [-0.2, -0.15) is 4.98 Å². The molecule has 0 spiro atoms. The second-order valence-electron chi connectivity index (χ2n) is 7.50. The minimum Gasteiger partial charge on any atom is -0.339 e. The van der Waals surface area contributed by atoms with Crippen molar-refractivity contribution in [3.05, 3.63) is 35.2 Å². The van der Waals surface area contributed by atoms with Gasteiger partial charge in [0.15, 0.2) is 0 Å². The van der Waals surface area contributed by atoms with Crippen LogP contribution in [0.3, 0.4) is 0 Å². The van der Waals surface area contributed by atoms with E-state index in [1.165, 1.54) is 0 Å². The van der Waals surface area contributed by atoms with E-state index >= 15 is 0 Å². The van der Waals surface area contributed by atoms with Crippen LogP contribution in [-0.4, -0.2) is 52.2 Å². The number of nitrogens with one attached hydrogen (secondary N) is 2. The number of hydrogen-bond donors (Lipinski definition) is 2. The molecule has 2 N–H and O–H groups in total. The topological polar surface area (TPSA) is 100 Å². The molecule has 2 fully saturated rings. The highest BCUT2D eigenvalue weighted by Crippen LogP contribution is 2.30. The maximum Gasteiger partial charge on any atom is 0.322 e. The molecule has 1 atom stereocenters. The molecule has 3 amide bonds. The highest BCUT2D eigenvalue weighted by molar-refractivity contribution is 6.30. The molecule has 0 aliphatic carbocycles. The lowest BCUT2D eigenvalue weighted by Crippen LogP contribution is -2.53. The second kappa shape index (κ2) is 7.52. The normalized spacial score (nSPS) is 23.6. The number of rotatable bonds is 5. The van der Waals surface area contributed by atoms with Gasteiger partial charge in [0.05, 0.1) is 0 Å². The lowest BCUT2D eigenvalue weighted by atomic mass is 9.79. The van der Waals surface area contributed by atoms with E-state index in [1.54, 1.807) is 12.1 Å². The van der Waals surface area contributed by atoms with Gasteiger partial charge in [-0.3, -0.25) is 10.1 Å². The Morgan fingerprint density at radius 3 is 2.79 bits per heavy atom. The standard InChI is InChI=1S/C19H22ClN5O3/c1-19(17(26)22-18(27)23-19)13-5-8-25(9-6-13)10-7-15-21-16(24-28-15)12-3-2-4-14(20)11-12/h2-4,11,13H,5-10H2,1H3,(H2,22,23,26,27). The van der Waals surface area contributed by atoms with E-state index in [9.17, 15) is 9.59 Å². The minimum absolute atomic E-state index is 0.132. The number of benzene rings is 1. The summed E-state index contributed by atoms with van der Waals surface area (Å²) in [5.74, 6) is 1.03. The molecule has 0 saturated carbocycles. The molecule has 4 rings (SSSR count). The average molecular weight is 404 g/mol. The van der Waals surface area contributed by atoms with Crippen LogP contribution in [0, 0.1) is 5.92 Å². The Labute approximate surface area is 167 Å². The Hall–Kier alpha value is -2.45. The fourth-order valence-corrected chi connectivity index (χ4v) is 4.12. The van der Waals surface area contributed by atoms with Crippen LogP contribution in [0.15, 0.2) is 28.8 Å². The summed E-state index contributed by atoms with van der Waals surface area (Å²) >= 11 is 6.01. The van der Waals surface area contributed by atoms with Crippen molar-refractivity contribution in [1.29, 1.82) is 0 Å². The zero-order valence-electron chi connectivity index (χ0n) is 15.6. The summed E-state index contributed by atoms with van der Waals surface area (Å²) < 4.78 is 5.36. The summed E-state index contributed by atoms with van der Waals surface area (Å²) in [7, 11) is 0. The SMILES string of the molecule is CC1(C2CCN(CCc3nc(-c4cccc(Cl)c4)no3)CC2)NC(=O)NC1=O. The van der Waals surface area contributed by atoms with Gasteiger partial charge < -0.3 is 14.7 Å². The zero-order valence-corrected chi connectivity index (χ0v) is 16.3. The Morgan fingerprint density at radius 1 is 1.32 bits per heavy atom. The number of amides is 3. The molecule has 9 heteroatoms. The number of nitrogens with zero attached hydrogens (tertiary/aromatic N) is 3. The summed E-state index contributed by atoms with van der Waals surface area (Å²) in [5, 5.41) is 9.79. The molecular weight excluding hydrogens is 382 g/mol. The number of halogens is 1. The molecule has 0 bridgehead atoms. The van der Waals surface area contributed by atoms with E-state index in [-0.39, 0.29) is 11.8 Å². The van der Waals surface area contributed by atoms with Crippen molar-refractivity contribution in [2.24, 2.45) is 5.92 Å². The average Bonchev–Trinajstić information content (AvgIpc) is 3.25. The molecule has 148 valence electrons. The van der Waals surface area contributed by atoms with Gasteiger partial charge >= 0.3 is 6.03 Å². The molecule has 2 aromatic rings. The number of carbonyl (C=O) groups excluding carboxylic acids is 2. The number of aromatic nitrogens is 2. The molecule has 2 aliphatic rings. The monoisotopic (exact) mass is 403 g/mol. The van der Waals surface area contributed by atoms with Crippen molar-refractivity contribution in [3.8, 4) is 11.4 Å². The van der Waals surface area contributed by atoms with Crippen molar-refractivity contribution in [1.82, 2.24) is 25.7 Å². The van der Waals surface area contributed by atoms with Gasteiger partial charge in [-0.1, -0.05) is 28.9 Å². The number of carbonyl (C=O) groups is 2. The molecule has 8 nitrogen and oxygen atoms in total. The summed E-state index contributed by atoms with van der Waals surface area (Å²) in [4.78, 5) is 30.3. The molecular formula is C19H22ClN5O3. The van der Waals surface area contributed by atoms with Gasteiger partial charge in [-0.25, -0.2) is 4.79 Å². The van der Waals surface area contributed by atoms with Gasteiger partial charge in [0, 0.05) is 23.6 Å². The number of urea groups is 1. The van der Waals surface area contributed by atoms with E-state index in [4.69, 9.17) is 16.1 Å². The summed E-state index contributed by atoms with van der Waals surface area (Å²) in [6.45, 7) is 4.33. The first-order chi connectivity index (χ1) is 13.4. The van der Waals surface area contributed by atoms with Crippen LogP contribution in [0.2, 0.25) is 5.02 Å². The van der Waals surface area contributed by atoms with Crippen LogP contribution < -0.4 is 10.6 Å². The third-order valence-corrected chi connectivity index (χ3v) is 5.90. The van der Waals surface area contributed by atoms with Crippen molar-refractivity contribution in [2.75, 3.05) is 19.6 Å². The third-order valence-electron chi connectivity index (χ3n) is 5.67. The molecule has 1 aromatic heterocycles. The maximum absolute atomic E-state index is 12.1. The van der Waals surface area contributed by atoms with E-state index in [0.29, 0.717) is 23.2 Å². The summed E-state index contributed by atoms with van der Waals surface area (Å²) in [6, 6.07) is 6.95. The van der Waals surface area contributed by atoms with Crippen molar-refractivity contribution in [2.45, 2.75) is 31.7 Å². The second-order valence-corrected chi connectivity index (χ2v) is 7.94. The van der Waals surface area contributed by atoms with Crippen LogP contribution in [-0.2, 0) is 11.2 Å². The van der Waals surface area contributed by atoms with Gasteiger partial charge in [-0.15, -0.1) is 0 Å². The lowest BCUT2D eigenvalue weighted by molar-refractivity contribution is -0.125. The van der Waals surface area contributed by atoms with Crippen LogP contribution in [0.1, 0.15) is 25.7 Å². The van der Waals surface area contributed by atoms with E-state index < -0.39 is 11.6 Å². The molecule has 3 heterocycles. The Balaban J connectivity index is 1.29. The van der Waals surface area contributed by atoms with Gasteiger partial charge in [0.25, 0.3) is 5.91 Å². The number of imide groups is 1. The first-order valence-electron chi connectivity index (χ1n) is 9.38. The molecule has 2 aliphatic heterocycles.